The minimum absolute atomic E-state index is 0.0851. The Hall–Kier alpha value is -2.36. The van der Waals surface area contributed by atoms with Crippen LogP contribution < -0.4 is 4.72 Å². The Morgan fingerprint density at radius 1 is 1.19 bits per heavy atom. The first-order chi connectivity index (χ1) is 12.5. The molecule has 3 rings (SSSR count). The van der Waals surface area contributed by atoms with Crippen molar-refractivity contribution in [1.82, 2.24) is 9.29 Å². The molecule has 0 unspecified atom stereocenters. The van der Waals surface area contributed by atoms with E-state index in [1.54, 1.807) is 38.1 Å². The van der Waals surface area contributed by atoms with Gasteiger partial charge in [-0.3, -0.25) is 9.52 Å². The number of carboxylic acid groups (broad SMARTS) is 1. The summed E-state index contributed by atoms with van der Waals surface area (Å²) in [5, 5.41) is 8.69. The van der Waals surface area contributed by atoms with Crippen molar-refractivity contribution in [3.8, 4) is 0 Å². The summed E-state index contributed by atoms with van der Waals surface area (Å²) in [4.78, 5) is 25.9. The lowest BCUT2D eigenvalue weighted by Gasteiger charge is -2.31. The SMILES string of the molecule is CC(C)N1C(=O)c2ccccc2NS1(=O)=O.O=C(O)c1nc(Cl)ccc1Cl. The van der Waals surface area contributed by atoms with Gasteiger partial charge in [0.05, 0.1) is 16.3 Å². The van der Waals surface area contributed by atoms with Gasteiger partial charge in [0.25, 0.3) is 5.91 Å². The van der Waals surface area contributed by atoms with Gasteiger partial charge in [-0.2, -0.15) is 8.42 Å². The lowest BCUT2D eigenvalue weighted by atomic mass is 10.1. The highest BCUT2D eigenvalue weighted by Crippen LogP contribution is 2.27. The van der Waals surface area contributed by atoms with Crippen molar-refractivity contribution < 1.29 is 23.1 Å². The Balaban J connectivity index is 0.000000208. The van der Waals surface area contributed by atoms with Crippen LogP contribution in [0.15, 0.2) is 36.4 Å². The van der Waals surface area contributed by atoms with E-state index in [1.165, 1.54) is 12.1 Å². The average Bonchev–Trinajstić information content (AvgIpc) is 2.56. The summed E-state index contributed by atoms with van der Waals surface area (Å²) in [5.74, 6) is -1.66. The van der Waals surface area contributed by atoms with E-state index < -0.39 is 28.1 Å². The highest BCUT2D eigenvalue weighted by molar-refractivity contribution is 7.91. The summed E-state index contributed by atoms with van der Waals surface area (Å²) in [6.07, 6.45) is 0. The van der Waals surface area contributed by atoms with Crippen molar-refractivity contribution in [3.05, 3.63) is 57.8 Å². The summed E-state index contributed by atoms with van der Waals surface area (Å²) >= 11 is 10.9. The van der Waals surface area contributed by atoms with Gasteiger partial charge in [0.1, 0.15) is 5.15 Å². The zero-order valence-electron chi connectivity index (χ0n) is 14.2. The molecule has 2 N–H and O–H groups in total. The zero-order valence-corrected chi connectivity index (χ0v) is 16.5. The van der Waals surface area contributed by atoms with Crippen molar-refractivity contribution >= 4 is 51.0 Å². The van der Waals surface area contributed by atoms with Crippen LogP contribution in [0.4, 0.5) is 5.69 Å². The number of carbonyl (C=O) groups excluding carboxylic acids is 1. The maximum atomic E-state index is 12.0. The summed E-state index contributed by atoms with van der Waals surface area (Å²) in [7, 11) is -3.75. The highest BCUT2D eigenvalue weighted by Gasteiger charge is 2.36. The van der Waals surface area contributed by atoms with Gasteiger partial charge in [-0.15, -0.1) is 0 Å². The van der Waals surface area contributed by atoms with E-state index in [-0.39, 0.29) is 15.9 Å². The van der Waals surface area contributed by atoms with Crippen LogP contribution >= 0.6 is 23.2 Å². The van der Waals surface area contributed by atoms with Crippen LogP contribution in [0.5, 0.6) is 0 Å². The summed E-state index contributed by atoms with van der Waals surface area (Å²) in [6.45, 7) is 3.32. The number of anilines is 1. The fraction of sp³-hybridized carbons (Fsp3) is 0.188. The van der Waals surface area contributed by atoms with E-state index in [0.717, 1.165) is 4.31 Å². The molecule has 1 aliphatic rings. The number of nitrogens with zero attached hydrogens (tertiary/aromatic N) is 2. The van der Waals surface area contributed by atoms with Crippen LogP contribution in [0.25, 0.3) is 0 Å². The first kappa shape index (κ1) is 20.9. The van der Waals surface area contributed by atoms with Gasteiger partial charge in [-0.05, 0) is 38.1 Å². The second-order valence-electron chi connectivity index (χ2n) is 5.62. The molecular formula is C16H15Cl2N3O5S. The molecule has 0 spiro atoms. The van der Waals surface area contributed by atoms with Crippen molar-refractivity contribution in [2.75, 3.05) is 4.72 Å². The average molecular weight is 432 g/mol. The number of aromatic carboxylic acids is 1. The number of aromatic nitrogens is 1. The molecule has 1 amide bonds. The number of rotatable bonds is 2. The van der Waals surface area contributed by atoms with E-state index in [9.17, 15) is 18.0 Å². The predicted molar refractivity (Wildman–Crippen MR) is 102 cm³/mol. The van der Waals surface area contributed by atoms with Gasteiger partial charge in [-0.25, -0.2) is 14.1 Å². The molecule has 1 aromatic carbocycles. The molecule has 0 radical (unpaired) electrons. The number of hydrogen-bond donors (Lipinski definition) is 2. The van der Waals surface area contributed by atoms with Gasteiger partial charge in [-0.1, -0.05) is 35.3 Å². The Labute approximate surface area is 165 Å². The van der Waals surface area contributed by atoms with Gasteiger partial charge >= 0.3 is 16.2 Å². The monoisotopic (exact) mass is 431 g/mol. The van der Waals surface area contributed by atoms with Crippen molar-refractivity contribution in [1.29, 1.82) is 0 Å². The lowest BCUT2D eigenvalue weighted by molar-refractivity contribution is 0.0690. The molecule has 27 heavy (non-hydrogen) atoms. The predicted octanol–water partition coefficient (Wildman–Crippen LogP) is 3.29. The van der Waals surface area contributed by atoms with E-state index in [1.807, 2.05) is 0 Å². The standard InChI is InChI=1S/C10H12N2O3S.C6H3Cl2NO2/c1-7(2)12-10(13)8-5-3-4-6-9(8)11-16(12,14)15;7-3-1-2-4(8)9-5(3)6(10)11/h3-7,11H,1-2H3;1-2H,(H,10,11). The topological polar surface area (TPSA) is 117 Å². The molecule has 2 aromatic rings. The molecule has 0 bridgehead atoms. The second-order valence-corrected chi connectivity index (χ2v) is 7.96. The van der Waals surface area contributed by atoms with Gasteiger partial charge in [0.2, 0.25) is 0 Å². The van der Waals surface area contributed by atoms with E-state index in [2.05, 4.69) is 9.71 Å². The molecule has 1 aliphatic heterocycles. The molecule has 0 saturated carbocycles. The van der Waals surface area contributed by atoms with Crippen LogP contribution in [0.2, 0.25) is 10.2 Å². The maximum absolute atomic E-state index is 12.0. The van der Waals surface area contributed by atoms with Crippen LogP contribution in [0, 0.1) is 0 Å². The second kappa shape index (κ2) is 8.12. The smallest absolute Gasteiger partial charge is 0.356 e. The zero-order chi connectivity index (χ0) is 20.4. The number of carboxylic acids is 1. The third-order valence-electron chi connectivity index (χ3n) is 3.34. The molecule has 2 heterocycles. The van der Waals surface area contributed by atoms with E-state index in [4.69, 9.17) is 28.3 Å². The molecule has 8 nitrogen and oxygen atoms in total. The minimum Gasteiger partial charge on any atom is -0.476 e. The molecule has 0 aliphatic carbocycles. The van der Waals surface area contributed by atoms with Gasteiger partial charge in [0.15, 0.2) is 5.69 Å². The van der Waals surface area contributed by atoms with Gasteiger partial charge < -0.3 is 5.11 Å². The molecule has 0 saturated heterocycles. The third-order valence-corrected chi connectivity index (χ3v) is 5.44. The number of carbonyl (C=O) groups is 2. The number of fused-ring (bicyclic) bond motifs is 1. The first-order valence-electron chi connectivity index (χ1n) is 7.55. The highest BCUT2D eigenvalue weighted by atomic mass is 35.5. The van der Waals surface area contributed by atoms with Crippen LogP contribution in [-0.4, -0.2) is 40.7 Å². The molecule has 11 heteroatoms. The molecular weight excluding hydrogens is 417 g/mol. The van der Waals surface area contributed by atoms with E-state index >= 15 is 0 Å². The number of benzene rings is 1. The molecule has 1 aromatic heterocycles. The molecule has 144 valence electrons. The largest absolute Gasteiger partial charge is 0.476 e. The summed E-state index contributed by atoms with van der Waals surface area (Å²) < 4.78 is 26.8. The third kappa shape index (κ3) is 4.68. The molecule has 0 atom stereocenters. The summed E-state index contributed by atoms with van der Waals surface area (Å²) in [5.41, 5.74) is 0.495. The number of pyridine rings is 1. The van der Waals surface area contributed by atoms with Crippen molar-refractivity contribution in [3.63, 3.8) is 0 Å². The fourth-order valence-corrected chi connectivity index (χ4v) is 4.01. The van der Waals surface area contributed by atoms with Crippen molar-refractivity contribution in [2.45, 2.75) is 19.9 Å². The van der Waals surface area contributed by atoms with Gasteiger partial charge in [0, 0.05) is 6.04 Å². The fourth-order valence-electron chi connectivity index (χ4n) is 2.25. The minimum atomic E-state index is -3.75. The number of hydrogen-bond acceptors (Lipinski definition) is 5. The van der Waals surface area contributed by atoms with Crippen LogP contribution in [0.1, 0.15) is 34.7 Å². The number of para-hydroxylation sites is 1. The van der Waals surface area contributed by atoms with Crippen molar-refractivity contribution in [2.24, 2.45) is 0 Å². The first-order valence-corrected chi connectivity index (χ1v) is 9.75. The lowest BCUT2D eigenvalue weighted by Crippen LogP contribution is -2.48. The number of nitrogens with one attached hydrogen (secondary N) is 1. The molecule has 0 fully saturated rings. The normalized spacial score (nSPS) is 14.7. The van der Waals surface area contributed by atoms with Crippen LogP contribution in [0.3, 0.4) is 0 Å². The Morgan fingerprint density at radius 2 is 1.81 bits per heavy atom. The summed E-state index contributed by atoms with van der Waals surface area (Å²) in [6, 6.07) is 8.97. The maximum Gasteiger partial charge on any atom is 0.356 e. The number of amides is 1. The van der Waals surface area contributed by atoms with E-state index in [0.29, 0.717) is 11.3 Å². The Kier molecular flexibility index (Phi) is 6.30. The Morgan fingerprint density at radius 3 is 2.37 bits per heavy atom. The van der Waals surface area contributed by atoms with Crippen LogP contribution in [-0.2, 0) is 10.2 Å². The Bertz CT molecular complexity index is 995. The quantitative estimate of drug-likeness (QED) is 0.704. The number of halogens is 2.